The summed E-state index contributed by atoms with van der Waals surface area (Å²) >= 11 is 0. The first-order valence-corrected chi connectivity index (χ1v) is 9.07. The average Bonchev–Trinajstić information content (AvgIpc) is 3.37. The van der Waals surface area contributed by atoms with E-state index in [0.717, 1.165) is 24.2 Å². The van der Waals surface area contributed by atoms with Crippen molar-refractivity contribution in [2.45, 2.75) is 45.1 Å². The summed E-state index contributed by atoms with van der Waals surface area (Å²) in [6.45, 7) is 1.93. The molecule has 1 N–H and O–H groups in total. The van der Waals surface area contributed by atoms with E-state index in [0.29, 0.717) is 25.2 Å². The molecule has 1 unspecified atom stereocenters. The highest BCUT2D eigenvalue weighted by Crippen LogP contribution is 2.28. The lowest BCUT2D eigenvalue weighted by molar-refractivity contribution is -0.143. The highest BCUT2D eigenvalue weighted by molar-refractivity contribution is 5.78. The Hall–Kier alpha value is -2.63. The maximum Gasteiger partial charge on any atom is 0.308 e. The third kappa shape index (κ3) is 4.71. The minimum Gasteiger partial charge on any atom is -0.481 e. The molecule has 0 saturated heterocycles. The van der Waals surface area contributed by atoms with Crippen molar-refractivity contribution in [1.82, 2.24) is 9.88 Å². The van der Waals surface area contributed by atoms with Gasteiger partial charge in [0.15, 0.2) is 11.7 Å². The minimum absolute atomic E-state index is 0.0236. The first kappa shape index (κ1) is 18.2. The molecule has 138 valence electrons. The summed E-state index contributed by atoms with van der Waals surface area (Å²) in [6.07, 6.45) is 5.25. The summed E-state index contributed by atoms with van der Waals surface area (Å²) in [5.41, 5.74) is 0.977. The van der Waals surface area contributed by atoms with E-state index in [9.17, 15) is 9.59 Å². The van der Waals surface area contributed by atoms with Crippen LogP contribution in [-0.4, -0.2) is 39.5 Å². The summed E-state index contributed by atoms with van der Waals surface area (Å²) in [6, 6.07) is 9.98. The smallest absolute Gasteiger partial charge is 0.308 e. The van der Waals surface area contributed by atoms with Gasteiger partial charge >= 0.3 is 5.97 Å². The molecule has 0 aliphatic heterocycles. The van der Waals surface area contributed by atoms with E-state index >= 15 is 0 Å². The second-order valence-corrected chi connectivity index (χ2v) is 6.85. The highest BCUT2D eigenvalue weighted by Gasteiger charge is 2.34. The molecule has 1 amide bonds. The van der Waals surface area contributed by atoms with Gasteiger partial charge in [0.25, 0.3) is 0 Å². The van der Waals surface area contributed by atoms with Crippen LogP contribution >= 0.6 is 0 Å². The lowest BCUT2D eigenvalue weighted by Crippen LogP contribution is -2.38. The number of carbonyl (C=O) groups excluding carboxylic acids is 1. The number of amides is 1. The maximum atomic E-state index is 12.5. The number of carboxylic acid groups (broad SMARTS) is 1. The van der Waals surface area contributed by atoms with E-state index in [1.165, 1.54) is 0 Å². The summed E-state index contributed by atoms with van der Waals surface area (Å²) in [5.74, 6) is -0.0396. The lowest BCUT2D eigenvalue weighted by Gasteiger charge is -2.24. The van der Waals surface area contributed by atoms with Gasteiger partial charge in [-0.2, -0.15) is 0 Å². The molecule has 1 aromatic heterocycles. The van der Waals surface area contributed by atoms with Crippen molar-refractivity contribution in [3.63, 3.8) is 0 Å². The van der Waals surface area contributed by atoms with Gasteiger partial charge in [-0.15, -0.1) is 0 Å². The number of aromatic nitrogens is 1. The number of aliphatic carboxylic acids is 1. The molecule has 26 heavy (non-hydrogen) atoms. The van der Waals surface area contributed by atoms with Crippen molar-refractivity contribution >= 4 is 11.9 Å². The zero-order valence-corrected chi connectivity index (χ0v) is 14.9. The van der Waals surface area contributed by atoms with Crippen LogP contribution < -0.4 is 0 Å². The fraction of sp³-hybridized carbons (Fsp3) is 0.450. The van der Waals surface area contributed by atoms with Gasteiger partial charge in [0.2, 0.25) is 5.91 Å². The molecule has 1 aromatic carbocycles. The molecular formula is C20H24N2O4. The third-order valence-electron chi connectivity index (χ3n) is 4.59. The van der Waals surface area contributed by atoms with Crippen LogP contribution in [0.25, 0.3) is 11.3 Å². The Bertz CT molecular complexity index is 752. The van der Waals surface area contributed by atoms with E-state index in [4.69, 9.17) is 9.52 Å². The molecule has 0 spiro atoms. The van der Waals surface area contributed by atoms with E-state index in [2.05, 4.69) is 4.98 Å². The predicted octanol–water partition coefficient (Wildman–Crippen LogP) is 3.38. The van der Waals surface area contributed by atoms with Gasteiger partial charge < -0.3 is 14.4 Å². The second kappa shape index (κ2) is 8.17. The summed E-state index contributed by atoms with van der Waals surface area (Å²) in [4.78, 5) is 29.6. The first-order valence-electron chi connectivity index (χ1n) is 9.07. The molecule has 1 aliphatic rings. The van der Waals surface area contributed by atoms with Gasteiger partial charge in [0, 0.05) is 31.0 Å². The van der Waals surface area contributed by atoms with E-state index < -0.39 is 11.9 Å². The topological polar surface area (TPSA) is 83.6 Å². The highest BCUT2D eigenvalue weighted by atomic mass is 16.4. The minimum atomic E-state index is -0.864. The molecule has 2 aromatic rings. The predicted molar refractivity (Wildman–Crippen MR) is 96.4 cm³/mol. The van der Waals surface area contributed by atoms with Crippen molar-refractivity contribution in [2.24, 2.45) is 5.92 Å². The number of oxazole rings is 1. The largest absolute Gasteiger partial charge is 0.481 e. The van der Waals surface area contributed by atoms with Gasteiger partial charge in [-0.1, -0.05) is 37.3 Å². The Morgan fingerprint density at radius 3 is 2.69 bits per heavy atom. The molecule has 1 heterocycles. The Morgan fingerprint density at radius 1 is 1.31 bits per heavy atom. The van der Waals surface area contributed by atoms with Crippen LogP contribution in [0.15, 0.2) is 40.9 Å². The van der Waals surface area contributed by atoms with E-state index in [1.54, 1.807) is 18.0 Å². The molecule has 1 fully saturated rings. The van der Waals surface area contributed by atoms with Gasteiger partial charge in [0.1, 0.15) is 0 Å². The Kier molecular flexibility index (Phi) is 5.71. The van der Waals surface area contributed by atoms with Crippen LogP contribution in [-0.2, 0) is 16.0 Å². The average molecular weight is 356 g/mol. The number of hydrogen-bond donors (Lipinski definition) is 1. The monoisotopic (exact) mass is 356 g/mol. The van der Waals surface area contributed by atoms with Gasteiger partial charge in [-0.3, -0.25) is 9.59 Å². The second-order valence-electron chi connectivity index (χ2n) is 6.85. The summed E-state index contributed by atoms with van der Waals surface area (Å²) in [7, 11) is 0. The maximum absolute atomic E-state index is 12.5. The van der Waals surface area contributed by atoms with Crippen LogP contribution in [0.4, 0.5) is 0 Å². The van der Waals surface area contributed by atoms with Crippen LogP contribution in [0, 0.1) is 5.92 Å². The molecule has 1 atom stereocenters. The number of aryl methyl sites for hydroxylation is 1. The molecule has 3 rings (SSSR count). The van der Waals surface area contributed by atoms with E-state index in [1.807, 2.05) is 30.3 Å². The zero-order chi connectivity index (χ0) is 18.5. The summed E-state index contributed by atoms with van der Waals surface area (Å²) in [5, 5.41) is 9.08. The number of nitrogens with zero attached hydrogens (tertiary/aromatic N) is 2. The summed E-state index contributed by atoms with van der Waals surface area (Å²) < 4.78 is 5.75. The van der Waals surface area contributed by atoms with Gasteiger partial charge in [0.05, 0.1) is 12.1 Å². The molecule has 1 saturated carbocycles. The molecule has 0 radical (unpaired) electrons. The molecule has 6 heteroatoms. The fourth-order valence-corrected chi connectivity index (χ4v) is 2.91. The van der Waals surface area contributed by atoms with Crippen molar-refractivity contribution in [3.8, 4) is 11.3 Å². The first-order chi connectivity index (χ1) is 12.5. The zero-order valence-electron chi connectivity index (χ0n) is 14.9. The van der Waals surface area contributed by atoms with Crippen molar-refractivity contribution < 1.29 is 19.1 Å². The number of rotatable bonds is 9. The number of carbonyl (C=O) groups is 2. The van der Waals surface area contributed by atoms with Gasteiger partial charge in [-0.25, -0.2) is 4.98 Å². The van der Waals surface area contributed by atoms with Crippen LogP contribution in [0.1, 0.15) is 38.5 Å². The number of hydrogen-bond acceptors (Lipinski definition) is 4. The number of carboxylic acids is 1. The lowest BCUT2D eigenvalue weighted by atomic mass is 10.1. The quantitative estimate of drug-likeness (QED) is 0.745. The molecule has 6 nitrogen and oxygen atoms in total. The Labute approximate surface area is 152 Å². The standard InChI is InChI=1S/C20H24N2O4/c1-14(20(24)25)13-22(16-10-11-16)19(23)9-5-8-18-21-12-17(26-18)15-6-3-2-4-7-15/h2-4,6-7,12,14,16H,5,8-11,13H2,1H3,(H,24,25). The number of benzene rings is 1. The van der Waals surface area contributed by atoms with Crippen molar-refractivity contribution in [3.05, 3.63) is 42.4 Å². The van der Waals surface area contributed by atoms with Crippen LogP contribution in [0.3, 0.4) is 0 Å². The fourth-order valence-electron chi connectivity index (χ4n) is 2.91. The Morgan fingerprint density at radius 2 is 2.04 bits per heavy atom. The van der Waals surface area contributed by atoms with Crippen molar-refractivity contribution in [2.75, 3.05) is 6.54 Å². The van der Waals surface area contributed by atoms with Crippen LogP contribution in [0.5, 0.6) is 0 Å². The molecule has 0 bridgehead atoms. The van der Waals surface area contributed by atoms with Gasteiger partial charge in [-0.05, 0) is 19.3 Å². The Balaban J connectivity index is 1.50. The van der Waals surface area contributed by atoms with Crippen LogP contribution in [0.2, 0.25) is 0 Å². The molecular weight excluding hydrogens is 332 g/mol. The van der Waals surface area contributed by atoms with Crippen molar-refractivity contribution in [1.29, 1.82) is 0 Å². The van der Waals surface area contributed by atoms with E-state index in [-0.39, 0.29) is 18.5 Å². The SMILES string of the molecule is CC(CN(C(=O)CCCc1ncc(-c2ccccc2)o1)C1CC1)C(=O)O. The third-order valence-corrected chi connectivity index (χ3v) is 4.59. The molecule has 1 aliphatic carbocycles. The normalized spacial score (nSPS) is 14.8.